The molecule has 0 N–H and O–H groups in total. The molecule has 0 bridgehead atoms. The van der Waals surface area contributed by atoms with E-state index in [1.54, 1.807) is 0 Å². The lowest BCUT2D eigenvalue weighted by atomic mass is 9.97. The van der Waals surface area contributed by atoms with Crippen molar-refractivity contribution < 1.29 is 38.0 Å². The fourth-order valence-electron chi connectivity index (χ4n) is 4.90. The zero-order valence-corrected chi connectivity index (χ0v) is 28.4. The number of carbonyl (C=O) groups excluding carboxylic acids is 2. The first-order chi connectivity index (χ1) is 22.0. The summed E-state index contributed by atoms with van der Waals surface area (Å²) < 4.78 is 36.1. The van der Waals surface area contributed by atoms with Crippen LogP contribution in [0.25, 0.3) is 21.5 Å². The van der Waals surface area contributed by atoms with E-state index in [-0.39, 0.29) is 38.4 Å². The maximum Gasteiger partial charge on any atom is 0.306 e. The summed E-state index contributed by atoms with van der Waals surface area (Å²) in [5.74, 6) is 0.740. The Morgan fingerprint density at radius 3 is 1.37 bits per heavy atom. The van der Waals surface area contributed by atoms with Crippen LogP contribution in [0.5, 0.6) is 11.5 Å². The normalized spacial score (nSPS) is 12.5. The SMILES string of the molecule is C=C(C)COCC(COc1c2ccc(C)cc2c(OCC(COCC(=C)C)OC(=O)CCC)c2ccc(C)cc12)OC(=O)CCC. The molecule has 0 spiro atoms. The van der Waals surface area contributed by atoms with Crippen molar-refractivity contribution >= 4 is 33.5 Å². The highest BCUT2D eigenvalue weighted by Crippen LogP contribution is 2.43. The van der Waals surface area contributed by atoms with Crippen molar-refractivity contribution in [2.24, 2.45) is 0 Å². The fraction of sp³-hybridized carbons (Fsp3) is 0.474. The molecule has 0 aliphatic carbocycles. The van der Waals surface area contributed by atoms with Gasteiger partial charge in [-0.05, 0) is 52.7 Å². The van der Waals surface area contributed by atoms with Gasteiger partial charge in [-0.1, -0.05) is 73.5 Å². The summed E-state index contributed by atoms with van der Waals surface area (Å²) in [6.45, 7) is 20.8. The zero-order valence-electron chi connectivity index (χ0n) is 28.4. The molecule has 2 unspecified atom stereocenters. The average molecular weight is 635 g/mol. The summed E-state index contributed by atoms with van der Waals surface area (Å²) in [4.78, 5) is 24.9. The van der Waals surface area contributed by atoms with E-state index in [9.17, 15) is 9.59 Å². The molecule has 0 aliphatic heterocycles. The summed E-state index contributed by atoms with van der Waals surface area (Å²) in [6, 6.07) is 12.2. The molecule has 8 heteroatoms. The predicted molar refractivity (Wildman–Crippen MR) is 183 cm³/mol. The van der Waals surface area contributed by atoms with Gasteiger partial charge in [-0.15, -0.1) is 0 Å². The van der Waals surface area contributed by atoms with Crippen molar-refractivity contribution in [3.63, 3.8) is 0 Å². The van der Waals surface area contributed by atoms with Crippen molar-refractivity contribution in [2.75, 3.05) is 39.6 Å². The zero-order chi connectivity index (χ0) is 33.6. The van der Waals surface area contributed by atoms with Gasteiger partial charge < -0.3 is 28.4 Å². The minimum atomic E-state index is -0.604. The standard InChI is InChI=1S/C38H50O8/c1-9-11-35(39)45-29(21-41-19-25(3)4)23-43-37-31-15-13-28(8)18-34(31)38(32-16-14-27(7)17-33(32)37)44-24-30(22-42-20-26(5)6)46-36(40)12-10-2/h13-18,29-30H,3,5,9-12,19-24H2,1-2,4,6-8H3. The average Bonchev–Trinajstić information content (AvgIpc) is 2.98. The van der Waals surface area contributed by atoms with E-state index in [2.05, 4.69) is 25.3 Å². The number of esters is 2. The molecule has 0 amide bonds. The predicted octanol–water partition coefficient (Wildman–Crippen LogP) is 7.98. The monoisotopic (exact) mass is 634 g/mol. The summed E-state index contributed by atoms with van der Waals surface area (Å²) in [5, 5.41) is 3.40. The first kappa shape index (κ1) is 36.6. The molecule has 0 aliphatic rings. The summed E-state index contributed by atoms with van der Waals surface area (Å²) >= 11 is 0. The molecule has 0 heterocycles. The number of aryl methyl sites for hydroxylation is 2. The summed E-state index contributed by atoms with van der Waals surface area (Å²) in [7, 11) is 0. The lowest BCUT2D eigenvalue weighted by Gasteiger charge is -2.23. The first-order valence-corrected chi connectivity index (χ1v) is 16.1. The van der Waals surface area contributed by atoms with Gasteiger partial charge in [0.05, 0.1) is 26.4 Å². The second kappa shape index (κ2) is 18.3. The Bertz CT molecular complexity index is 1390. The number of ether oxygens (including phenoxy) is 6. The first-order valence-electron chi connectivity index (χ1n) is 16.1. The van der Waals surface area contributed by atoms with Crippen LogP contribution >= 0.6 is 0 Å². The third-order valence-electron chi connectivity index (χ3n) is 6.96. The van der Waals surface area contributed by atoms with E-state index in [4.69, 9.17) is 28.4 Å². The van der Waals surface area contributed by atoms with Crippen molar-refractivity contribution in [2.45, 2.75) is 79.4 Å². The van der Waals surface area contributed by atoms with Gasteiger partial charge in [0.2, 0.25) is 0 Å². The second-order valence-corrected chi connectivity index (χ2v) is 12.0. The van der Waals surface area contributed by atoms with E-state index in [1.165, 1.54) is 0 Å². The Kier molecular flexibility index (Phi) is 14.6. The number of hydrogen-bond acceptors (Lipinski definition) is 8. The third-order valence-corrected chi connectivity index (χ3v) is 6.96. The van der Waals surface area contributed by atoms with Crippen LogP contribution in [0, 0.1) is 13.8 Å². The number of benzene rings is 3. The van der Waals surface area contributed by atoms with E-state index < -0.39 is 12.2 Å². The lowest BCUT2D eigenvalue weighted by Crippen LogP contribution is -2.30. The van der Waals surface area contributed by atoms with Gasteiger partial charge in [-0.3, -0.25) is 9.59 Å². The van der Waals surface area contributed by atoms with E-state index in [1.807, 2.05) is 65.8 Å². The molecule has 46 heavy (non-hydrogen) atoms. The maximum absolute atomic E-state index is 12.4. The minimum Gasteiger partial charge on any atom is -0.488 e. The molecule has 0 saturated carbocycles. The van der Waals surface area contributed by atoms with Crippen molar-refractivity contribution in [3.05, 3.63) is 71.8 Å². The lowest BCUT2D eigenvalue weighted by molar-refractivity contribution is -0.154. The Labute approximate surface area is 273 Å². The van der Waals surface area contributed by atoms with Crippen LogP contribution in [0.3, 0.4) is 0 Å². The van der Waals surface area contributed by atoms with Crippen LogP contribution < -0.4 is 9.47 Å². The van der Waals surface area contributed by atoms with Gasteiger partial charge >= 0.3 is 11.9 Å². The largest absolute Gasteiger partial charge is 0.488 e. The Morgan fingerprint density at radius 1 is 0.630 bits per heavy atom. The van der Waals surface area contributed by atoms with Gasteiger partial charge in [0.15, 0.2) is 12.2 Å². The molecule has 0 fully saturated rings. The topological polar surface area (TPSA) is 89.5 Å². The number of fused-ring (bicyclic) bond motifs is 2. The Morgan fingerprint density at radius 2 is 1.02 bits per heavy atom. The second-order valence-electron chi connectivity index (χ2n) is 12.0. The maximum atomic E-state index is 12.4. The van der Waals surface area contributed by atoms with E-state index >= 15 is 0 Å². The van der Waals surface area contributed by atoms with Crippen molar-refractivity contribution in [1.29, 1.82) is 0 Å². The Balaban J connectivity index is 2.00. The molecule has 8 nitrogen and oxygen atoms in total. The van der Waals surface area contributed by atoms with Gasteiger partial charge in [0.1, 0.15) is 24.7 Å². The van der Waals surface area contributed by atoms with Gasteiger partial charge in [-0.2, -0.15) is 0 Å². The molecule has 3 aromatic rings. The molecule has 0 saturated heterocycles. The molecule has 3 aromatic carbocycles. The van der Waals surface area contributed by atoms with Crippen LogP contribution in [0.15, 0.2) is 60.7 Å². The van der Waals surface area contributed by atoms with E-state index in [0.29, 0.717) is 50.4 Å². The van der Waals surface area contributed by atoms with E-state index in [0.717, 1.165) is 43.8 Å². The molecule has 0 radical (unpaired) electrons. The van der Waals surface area contributed by atoms with Crippen LogP contribution in [-0.2, 0) is 28.5 Å². The van der Waals surface area contributed by atoms with Crippen LogP contribution in [0.1, 0.15) is 64.5 Å². The Hall–Kier alpha value is -3.88. The van der Waals surface area contributed by atoms with Crippen LogP contribution in [-0.4, -0.2) is 63.8 Å². The minimum absolute atomic E-state index is 0.105. The van der Waals surface area contributed by atoms with Gasteiger partial charge in [0.25, 0.3) is 0 Å². The molecule has 3 rings (SSSR count). The smallest absolute Gasteiger partial charge is 0.306 e. The molecular weight excluding hydrogens is 584 g/mol. The number of rotatable bonds is 20. The fourth-order valence-corrected chi connectivity index (χ4v) is 4.90. The van der Waals surface area contributed by atoms with Gasteiger partial charge in [0, 0.05) is 34.4 Å². The quantitative estimate of drug-likeness (QED) is 0.0702. The van der Waals surface area contributed by atoms with Crippen molar-refractivity contribution in [1.82, 2.24) is 0 Å². The third kappa shape index (κ3) is 11.2. The molecular formula is C38H50O8. The van der Waals surface area contributed by atoms with Crippen LogP contribution in [0.2, 0.25) is 0 Å². The number of carbonyl (C=O) groups is 2. The molecule has 0 aromatic heterocycles. The number of hydrogen-bond donors (Lipinski definition) is 0. The summed E-state index contributed by atoms with van der Waals surface area (Å²) in [5.41, 5.74) is 3.85. The van der Waals surface area contributed by atoms with Crippen LogP contribution in [0.4, 0.5) is 0 Å². The summed E-state index contributed by atoms with van der Waals surface area (Å²) in [6.07, 6.45) is 0.806. The van der Waals surface area contributed by atoms with Gasteiger partial charge in [-0.25, -0.2) is 0 Å². The molecule has 250 valence electrons. The highest BCUT2D eigenvalue weighted by molar-refractivity contribution is 6.11. The van der Waals surface area contributed by atoms with Crippen molar-refractivity contribution in [3.8, 4) is 11.5 Å². The highest BCUT2D eigenvalue weighted by Gasteiger charge is 2.22. The highest BCUT2D eigenvalue weighted by atomic mass is 16.6. The molecule has 2 atom stereocenters.